The lowest BCUT2D eigenvalue weighted by atomic mass is 10.1. The molecule has 33 heavy (non-hydrogen) atoms. The largest absolute Gasteiger partial charge is 0.455 e. The average molecular weight is 463 g/mol. The Morgan fingerprint density at radius 2 is 2.00 bits per heavy atom. The molecule has 1 unspecified atom stereocenters. The van der Waals surface area contributed by atoms with Crippen molar-refractivity contribution in [2.45, 2.75) is 24.7 Å². The molecule has 9 nitrogen and oxygen atoms in total. The molecule has 4 aromatic rings. The van der Waals surface area contributed by atoms with Crippen LogP contribution in [0.4, 0.5) is 11.4 Å². The average Bonchev–Trinajstić information content (AvgIpc) is 3.27. The van der Waals surface area contributed by atoms with Crippen molar-refractivity contribution in [2.75, 3.05) is 11.1 Å². The maximum Gasteiger partial charge on any atom is 0.317 e. The van der Waals surface area contributed by atoms with Crippen molar-refractivity contribution in [2.24, 2.45) is 0 Å². The SMILES string of the molecule is CCCSc1nnc2c(n1)OC(c1ccc(-c3cccc([N+](=O)O)c3)o1)Nc1ccccc1-2. The zero-order valence-electron chi connectivity index (χ0n) is 17.6. The predicted molar refractivity (Wildman–Crippen MR) is 122 cm³/mol. The van der Waals surface area contributed by atoms with Gasteiger partial charge in [-0.1, -0.05) is 49.0 Å². The van der Waals surface area contributed by atoms with Crippen molar-refractivity contribution >= 4 is 23.1 Å². The van der Waals surface area contributed by atoms with Gasteiger partial charge < -0.3 is 14.5 Å². The second-order valence-electron chi connectivity index (χ2n) is 7.31. The van der Waals surface area contributed by atoms with Gasteiger partial charge in [-0.25, -0.2) is 5.21 Å². The van der Waals surface area contributed by atoms with Gasteiger partial charge >= 0.3 is 5.69 Å². The zero-order valence-corrected chi connectivity index (χ0v) is 18.5. The lowest BCUT2D eigenvalue weighted by Crippen LogP contribution is -2.16. The van der Waals surface area contributed by atoms with Crippen molar-refractivity contribution in [3.63, 3.8) is 0 Å². The van der Waals surface area contributed by atoms with Gasteiger partial charge in [0, 0.05) is 34.7 Å². The molecule has 5 rings (SSSR count). The molecule has 3 heterocycles. The topological polar surface area (TPSA) is 113 Å². The maximum atomic E-state index is 11.2. The molecule has 1 aliphatic heterocycles. The maximum absolute atomic E-state index is 11.2. The number of thioether (sulfide) groups is 1. The Hall–Kier alpha value is -3.92. The van der Waals surface area contributed by atoms with Gasteiger partial charge in [0.25, 0.3) is 4.92 Å². The van der Waals surface area contributed by atoms with E-state index in [2.05, 4.69) is 27.4 Å². The Labute approximate surface area is 193 Å². The molecule has 2 aromatic heterocycles. The summed E-state index contributed by atoms with van der Waals surface area (Å²) in [5.74, 6) is 2.29. The van der Waals surface area contributed by atoms with Gasteiger partial charge in [0.1, 0.15) is 5.76 Å². The van der Waals surface area contributed by atoms with Crippen molar-refractivity contribution in [3.8, 4) is 28.5 Å². The zero-order chi connectivity index (χ0) is 22.8. The predicted octanol–water partition coefficient (Wildman–Crippen LogP) is 5.60. The number of ether oxygens (including phenoxy) is 1. The van der Waals surface area contributed by atoms with Gasteiger partial charge in [-0.3, -0.25) is 0 Å². The Morgan fingerprint density at radius 3 is 2.85 bits per heavy atom. The molecular formula is C23H20N5O4S+. The van der Waals surface area contributed by atoms with Gasteiger partial charge in [0.05, 0.1) is 4.91 Å². The summed E-state index contributed by atoms with van der Waals surface area (Å²) in [5.41, 5.74) is 2.95. The molecule has 0 saturated heterocycles. The summed E-state index contributed by atoms with van der Waals surface area (Å²) in [6, 6.07) is 17.8. The number of fused-ring (bicyclic) bond motifs is 3. The number of furan rings is 1. The number of anilines is 1. The van der Waals surface area contributed by atoms with E-state index in [1.165, 1.54) is 23.9 Å². The standard InChI is InChI=1S/C23H20N5O4S/c1-2-12-33-23-25-22-20(26-27-23)16-8-3-4-9-17(16)24-21(32-22)19-11-10-18(31-19)14-6-5-7-15(13-14)28(29)30/h3-11,13,21,24H,2,12H2,1H3,(H,29,30)/q+1. The lowest BCUT2D eigenvalue weighted by molar-refractivity contribution is -0.729. The fraction of sp³-hybridized carbons (Fsp3) is 0.174. The molecule has 0 spiro atoms. The second-order valence-corrected chi connectivity index (χ2v) is 8.37. The molecule has 1 aliphatic rings. The summed E-state index contributed by atoms with van der Waals surface area (Å²) in [7, 11) is 0. The molecule has 1 atom stereocenters. The third kappa shape index (κ3) is 4.24. The van der Waals surface area contributed by atoms with Crippen LogP contribution in [-0.2, 0) is 0 Å². The van der Waals surface area contributed by atoms with Crippen LogP contribution >= 0.6 is 11.8 Å². The molecule has 2 N–H and O–H groups in total. The normalized spacial score (nSPS) is 14.4. The molecule has 0 bridgehead atoms. The summed E-state index contributed by atoms with van der Waals surface area (Å²) >= 11 is 1.52. The monoisotopic (exact) mass is 462 g/mol. The van der Waals surface area contributed by atoms with Crippen LogP contribution in [0.15, 0.2) is 70.2 Å². The van der Waals surface area contributed by atoms with Crippen molar-refractivity contribution in [1.82, 2.24) is 15.2 Å². The summed E-state index contributed by atoms with van der Waals surface area (Å²) in [5, 5.41) is 21.7. The highest BCUT2D eigenvalue weighted by Gasteiger charge is 2.28. The molecule has 2 aromatic carbocycles. The minimum Gasteiger partial charge on any atom is -0.455 e. The first kappa shape index (κ1) is 21.0. The Kier molecular flexibility index (Phi) is 5.66. The van der Waals surface area contributed by atoms with Crippen molar-refractivity contribution in [3.05, 3.63) is 71.3 Å². The number of para-hydroxylation sites is 1. The Morgan fingerprint density at radius 1 is 1.12 bits per heavy atom. The highest BCUT2D eigenvalue weighted by molar-refractivity contribution is 7.99. The van der Waals surface area contributed by atoms with Crippen LogP contribution in [0.1, 0.15) is 25.3 Å². The number of hydrogen-bond donors (Lipinski definition) is 2. The summed E-state index contributed by atoms with van der Waals surface area (Å²) in [6.07, 6.45) is 0.328. The molecule has 0 saturated carbocycles. The number of nitrogens with zero attached hydrogens (tertiary/aromatic N) is 4. The molecule has 166 valence electrons. The van der Waals surface area contributed by atoms with E-state index in [1.807, 2.05) is 24.3 Å². The first-order chi connectivity index (χ1) is 16.1. The van der Waals surface area contributed by atoms with E-state index >= 15 is 0 Å². The van der Waals surface area contributed by atoms with Crippen LogP contribution in [0.5, 0.6) is 5.88 Å². The number of nitrogens with one attached hydrogen (secondary N) is 1. The fourth-order valence-corrected chi connectivity index (χ4v) is 4.09. The van der Waals surface area contributed by atoms with Crippen LogP contribution in [-0.4, -0.2) is 31.1 Å². The Bertz CT molecular complexity index is 1330. The smallest absolute Gasteiger partial charge is 0.317 e. The third-order valence-corrected chi connectivity index (χ3v) is 6.05. The van der Waals surface area contributed by atoms with Crippen molar-refractivity contribution < 1.29 is 19.3 Å². The van der Waals surface area contributed by atoms with Crippen LogP contribution in [0.2, 0.25) is 0 Å². The van der Waals surface area contributed by atoms with Crippen LogP contribution in [0.3, 0.4) is 0 Å². The number of rotatable bonds is 6. The minimum absolute atomic E-state index is 0.108. The molecule has 0 amide bonds. The summed E-state index contributed by atoms with van der Waals surface area (Å²) < 4.78 is 12.3. The van der Waals surface area contributed by atoms with E-state index in [0.29, 0.717) is 33.8 Å². The number of benzene rings is 2. The van der Waals surface area contributed by atoms with E-state index in [-0.39, 0.29) is 10.6 Å². The minimum atomic E-state index is -0.668. The fourth-order valence-electron chi connectivity index (χ4n) is 3.46. The van der Waals surface area contributed by atoms with Gasteiger partial charge in [0.15, 0.2) is 11.5 Å². The molecule has 10 heteroatoms. The molecule has 0 radical (unpaired) electrons. The van der Waals surface area contributed by atoms with Gasteiger partial charge in [-0.2, -0.15) is 4.98 Å². The lowest BCUT2D eigenvalue weighted by Gasteiger charge is -2.16. The molecule has 0 aliphatic carbocycles. The van der Waals surface area contributed by atoms with Crippen LogP contribution in [0.25, 0.3) is 22.6 Å². The van der Waals surface area contributed by atoms with Crippen molar-refractivity contribution in [1.29, 1.82) is 0 Å². The highest BCUT2D eigenvalue weighted by Crippen LogP contribution is 2.40. The van der Waals surface area contributed by atoms with Crippen LogP contribution < -0.4 is 10.1 Å². The van der Waals surface area contributed by atoms with E-state index in [1.54, 1.807) is 24.3 Å². The van der Waals surface area contributed by atoms with Gasteiger partial charge in [-0.15, -0.1) is 10.2 Å². The number of hydrogen-bond acceptors (Lipinski definition) is 8. The summed E-state index contributed by atoms with van der Waals surface area (Å²) in [6.45, 7) is 2.09. The molecule has 0 fully saturated rings. The highest BCUT2D eigenvalue weighted by atomic mass is 32.2. The van der Waals surface area contributed by atoms with Gasteiger partial charge in [0.2, 0.25) is 17.3 Å². The number of aromatic nitrogens is 3. The first-order valence-electron chi connectivity index (χ1n) is 10.4. The summed E-state index contributed by atoms with van der Waals surface area (Å²) in [4.78, 5) is 15.7. The first-order valence-corrected chi connectivity index (χ1v) is 11.4. The van der Waals surface area contributed by atoms with E-state index < -0.39 is 6.23 Å². The van der Waals surface area contributed by atoms with E-state index in [9.17, 15) is 10.1 Å². The quantitative estimate of drug-likeness (QED) is 0.279. The third-order valence-electron chi connectivity index (χ3n) is 5.01. The van der Waals surface area contributed by atoms with E-state index in [4.69, 9.17) is 9.15 Å². The van der Waals surface area contributed by atoms with Crippen LogP contribution in [0, 0.1) is 4.91 Å². The second kappa shape index (κ2) is 8.91. The Balaban J connectivity index is 1.51. The van der Waals surface area contributed by atoms with E-state index in [0.717, 1.165) is 23.4 Å². The van der Waals surface area contributed by atoms with Gasteiger partial charge in [-0.05, 0) is 24.6 Å². The molecular weight excluding hydrogens is 442 g/mol.